The van der Waals surface area contributed by atoms with E-state index in [1.807, 2.05) is 13.8 Å². The van der Waals surface area contributed by atoms with Crippen LogP contribution in [0.5, 0.6) is 0 Å². The number of aromatic nitrogens is 3. The van der Waals surface area contributed by atoms with E-state index in [4.69, 9.17) is 4.74 Å². The van der Waals surface area contributed by atoms with Crippen LogP contribution in [0.3, 0.4) is 0 Å². The Hall–Kier alpha value is -2.41. The highest BCUT2D eigenvalue weighted by Gasteiger charge is 2.08. The topological polar surface area (TPSA) is 89.0 Å². The molecule has 2 heterocycles. The minimum absolute atomic E-state index is 0.154. The first-order valence-corrected chi connectivity index (χ1v) is 7.08. The Morgan fingerprint density at radius 3 is 3.00 bits per heavy atom. The number of carbonyl (C=O) groups is 1. The van der Waals surface area contributed by atoms with Crippen molar-refractivity contribution in [2.24, 2.45) is 0 Å². The molecular formula is C15H20N4O3. The van der Waals surface area contributed by atoms with Crippen LogP contribution in [-0.4, -0.2) is 40.9 Å². The van der Waals surface area contributed by atoms with Gasteiger partial charge in [0.05, 0.1) is 12.8 Å². The summed E-state index contributed by atoms with van der Waals surface area (Å²) in [5, 5.41) is 7.73. The van der Waals surface area contributed by atoms with E-state index in [0.29, 0.717) is 24.4 Å². The molecule has 0 aromatic carbocycles. The highest BCUT2D eigenvalue weighted by atomic mass is 16.5. The highest BCUT2D eigenvalue weighted by Crippen LogP contribution is 2.15. The smallest absolute Gasteiger partial charge is 0.256 e. The highest BCUT2D eigenvalue weighted by molar-refractivity contribution is 5.92. The summed E-state index contributed by atoms with van der Waals surface area (Å²) < 4.78 is 6.59. The lowest BCUT2D eigenvalue weighted by atomic mass is 10.2. The van der Waals surface area contributed by atoms with Gasteiger partial charge in [0.1, 0.15) is 5.65 Å². The third-order valence-electron chi connectivity index (χ3n) is 3.14. The molecule has 118 valence electrons. The number of methoxy groups -OCH3 is 1. The fourth-order valence-corrected chi connectivity index (χ4v) is 2.04. The Morgan fingerprint density at radius 1 is 1.55 bits per heavy atom. The molecule has 0 aliphatic rings. The monoisotopic (exact) mass is 304 g/mol. The van der Waals surface area contributed by atoms with Crippen LogP contribution in [0, 0.1) is 0 Å². The van der Waals surface area contributed by atoms with Crippen molar-refractivity contribution in [1.82, 2.24) is 20.1 Å². The minimum atomic E-state index is -0.269. The van der Waals surface area contributed by atoms with E-state index in [-0.39, 0.29) is 17.5 Å². The van der Waals surface area contributed by atoms with Gasteiger partial charge in [0.15, 0.2) is 0 Å². The molecule has 7 heteroatoms. The maximum atomic E-state index is 12.1. The van der Waals surface area contributed by atoms with Crippen molar-refractivity contribution < 1.29 is 9.53 Å². The van der Waals surface area contributed by atoms with E-state index in [9.17, 15) is 9.59 Å². The number of H-pyrrole nitrogens is 1. The second kappa shape index (κ2) is 7.04. The molecule has 2 N–H and O–H groups in total. The average molecular weight is 304 g/mol. The molecule has 7 nitrogen and oxygen atoms in total. The van der Waals surface area contributed by atoms with Crippen molar-refractivity contribution in [3.8, 4) is 0 Å². The second-order valence-electron chi connectivity index (χ2n) is 5.16. The zero-order chi connectivity index (χ0) is 16.1. The minimum Gasteiger partial charge on any atom is -0.383 e. The molecule has 0 aliphatic heterocycles. The molecule has 0 saturated carbocycles. The van der Waals surface area contributed by atoms with Crippen LogP contribution in [0.15, 0.2) is 23.1 Å². The number of rotatable bonds is 6. The van der Waals surface area contributed by atoms with E-state index in [1.54, 1.807) is 24.1 Å². The summed E-state index contributed by atoms with van der Waals surface area (Å²) in [6.45, 7) is 4.85. The Kier molecular flexibility index (Phi) is 5.11. The predicted octanol–water partition coefficient (Wildman–Crippen LogP) is 1.08. The number of hydrogen-bond acceptors (Lipinski definition) is 4. The maximum Gasteiger partial charge on any atom is 0.256 e. The zero-order valence-electron chi connectivity index (χ0n) is 12.9. The predicted molar refractivity (Wildman–Crippen MR) is 84.7 cm³/mol. The van der Waals surface area contributed by atoms with Crippen molar-refractivity contribution in [3.63, 3.8) is 0 Å². The fraction of sp³-hybridized carbons (Fsp3) is 0.400. The number of nitrogens with one attached hydrogen (secondary N) is 2. The first-order chi connectivity index (χ1) is 10.5. The maximum absolute atomic E-state index is 12.1. The van der Waals surface area contributed by atoms with E-state index in [0.717, 1.165) is 5.39 Å². The zero-order valence-corrected chi connectivity index (χ0v) is 12.9. The van der Waals surface area contributed by atoms with Gasteiger partial charge in [-0.3, -0.25) is 9.59 Å². The van der Waals surface area contributed by atoms with Crippen LogP contribution in [0.1, 0.15) is 25.5 Å². The van der Waals surface area contributed by atoms with Gasteiger partial charge in [-0.05, 0) is 26.0 Å². The number of hydrogen-bond donors (Lipinski definition) is 2. The van der Waals surface area contributed by atoms with Crippen LogP contribution in [0.25, 0.3) is 17.1 Å². The molecule has 2 aromatic heterocycles. The van der Waals surface area contributed by atoms with Gasteiger partial charge in [0, 0.05) is 36.7 Å². The summed E-state index contributed by atoms with van der Waals surface area (Å²) in [6.07, 6.45) is 4.52. The van der Waals surface area contributed by atoms with Gasteiger partial charge >= 0.3 is 0 Å². The molecule has 2 rings (SSSR count). The quantitative estimate of drug-likeness (QED) is 0.617. The number of pyridine rings is 1. The third-order valence-corrected chi connectivity index (χ3v) is 3.14. The molecule has 0 atom stereocenters. The van der Waals surface area contributed by atoms with Crippen molar-refractivity contribution in [2.45, 2.75) is 19.9 Å². The lowest BCUT2D eigenvalue weighted by Crippen LogP contribution is -2.25. The normalized spacial score (nSPS) is 11.6. The van der Waals surface area contributed by atoms with Crippen molar-refractivity contribution in [1.29, 1.82) is 0 Å². The summed E-state index contributed by atoms with van der Waals surface area (Å²) in [5.74, 6) is -0.269. The SMILES string of the molecule is COCCNC(=O)C=Cc1cc2cnn(C(C)C)c2[nH]c1=O. The lowest BCUT2D eigenvalue weighted by molar-refractivity contribution is -0.116. The molecule has 0 spiro atoms. The Balaban J connectivity index is 2.20. The van der Waals surface area contributed by atoms with Crippen molar-refractivity contribution >= 4 is 23.0 Å². The molecule has 2 aromatic rings. The Bertz CT molecular complexity index is 743. The molecule has 0 saturated heterocycles. The average Bonchev–Trinajstić information content (AvgIpc) is 2.88. The van der Waals surface area contributed by atoms with Crippen LogP contribution in [0.4, 0.5) is 0 Å². The van der Waals surface area contributed by atoms with Crippen molar-refractivity contribution in [2.75, 3.05) is 20.3 Å². The number of fused-ring (bicyclic) bond motifs is 1. The molecule has 0 aliphatic carbocycles. The van der Waals surface area contributed by atoms with E-state index in [1.165, 1.54) is 12.2 Å². The summed E-state index contributed by atoms with van der Waals surface area (Å²) in [5.41, 5.74) is 0.843. The number of nitrogens with zero attached hydrogens (tertiary/aromatic N) is 2. The number of carbonyl (C=O) groups excluding carboxylic acids is 1. The first kappa shape index (κ1) is 16.0. The molecule has 0 radical (unpaired) electrons. The lowest BCUT2D eigenvalue weighted by Gasteiger charge is -2.06. The van der Waals surface area contributed by atoms with Gasteiger partial charge in [-0.1, -0.05) is 0 Å². The molecule has 0 fully saturated rings. The summed E-state index contributed by atoms with van der Waals surface area (Å²) in [6, 6.07) is 1.88. The number of ether oxygens (including phenoxy) is 1. The van der Waals surface area contributed by atoms with E-state index < -0.39 is 0 Å². The molecule has 0 bridgehead atoms. The molecule has 22 heavy (non-hydrogen) atoms. The van der Waals surface area contributed by atoms with Gasteiger partial charge in [-0.25, -0.2) is 4.68 Å². The second-order valence-corrected chi connectivity index (χ2v) is 5.16. The van der Waals surface area contributed by atoms with Gasteiger partial charge < -0.3 is 15.0 Å². The van der Waals surface area contributed by atoms with Gasteiger partial charge in [0.25, 0.3) is 5.56 Å². The summed E-state index contributed by atoms with van der Waals surface area (Å²) in [7, 11) is 1.56. The number of amides is 1. The summed E-state index contributed by atoms with van der Waals surface area (Å²) in [4.78, 5) is 26.5. The molecule has 1 amide bonds. The van der Waals surface area contributed by atoms with Crippen LogP contribution < -0.4 is 10.9 Å². The Labute approximate surface area is 128 Å². The fourth-order valence-electron chi connectivity index (χ4n) is 2.04. The van der Waals surface area contributed by atoms with Crippen LogP contribution in [0.2, 0.25) is 0 Å². The summed E-state index contributed by atoms with van der Waals surface area (Å²) >= 11 is 0. The van der Waals surface area contributed by atoms with Gasteiger partial charge in [-0.2, -0.15) is 5.10 Å². The third kappa shape index (κ3) is 3.62. The van der Waals surface area contributed by atoms with Crippen LogP contribution in [-0.2, 0) is 9.53 Å². The van der Waals surface area contributed by atoms with E-state index >= 15 is 0 Å². The largest absolute Gasteiger partial charge is 0.383 e. The number of aromatic amines is 1. The molecular weight excluding hydrogens is 284 g/mol. The Morgan fingerprint density at radius 2 is 2.32 bits per heavy atom. The van der Waals surface area contributed by atoms with E-state index in [2.05, 4.69) is 15.4 Å². The standard InChI is InChI=1S/C15H20N4O3/c1-10(2)19-14-12(9-17-19)8-11(15(21)18-14)4-5-13(20)16-6-7-22-3/h4-5,8-10H,6-7H2,1-3H3,(H,16,20)(H,18,21). The molecule has 0 unspecified atom stereocenters. The van der Waals surface area contributed by atoms with Gasteiger partial charge in [0.2, 0.25) is 5.91 Å². The van der Waals surface area contributed by atoms with Gasteiger partial charge in [-0.15, -0.1) is 0 Å². The van der Waals surface area contributed by atoms with Crippen molar-refractivity contribution in [3.05, 3.63) is 34.3 Å². The van der Waals surface area contributed by atoms with Crippen LogP contribution >= 0.6 is 0 Å². The first-order valence-electron chi connectivity index (χ1n) is 7.08.